The van der Waals surface area contributed by atoms with Crippen molar-refractivity contribution < 1.29 is 34.7 Å². The van der Waals surface area contributed by atoms with Gasteiger partial charge in [-0.05, 0) is 44.2 Å². The van der Waals surface area contributed by atoms with Crippen LogP contribution < -0.4 is 4.72 Å². The van der Waals surface area contributed by atoms with Gasteiger partial charge >= 0.3 is 5.97 Å². The van der Waals surface area contributed by atoms with E-state index in [2.05, 4.69) is 4.74 Å². The van der Waals surface area contributed by atoms with Crippen molar-refractivity contribution in [2.24, 2.45) is 0 Å². The molecule has 5 nitrogen and oxygen atoms in total. The van der Waals surface area contributed by atoms with Crippen LogP contribution in [0.3, 0.4) is 0 Å². The van der Waals surface area contributed by atoms with Crippen molar-refractivity contribution in [3.8, 4) is 0 Å². The van der Waals surface area contributed by atoms with Gasteiger partial charge in [0.2, 0.25) is 10.0 Å². The van der Waals surface area contributed by atoms with Crippen LogP contribution in [0.1, 0.15) is 38.4 Å². The van der Waals surface area contributed by atoms with Crippen LogP contribution in [0, 0.1) is 5.82 Å². The van der Waals surface area contributed by atoms with Crippen LogP contribution in [0.2, 0.25) is 5.02 Å². The molecule has 0 saturated carbocycles. The van der Waals surface area contributed by atoms with Crippen LogP contribution in [0.5, 0.6) is 0 Å². The first-order chi connectivity index (χ1) is 14.4. The molecule has 8 heteroatoms. The molecule has 1 aliphatic carbocycles. The van der Waals surface area contributed by atoms with E-state index < -0.39 is 86.7 Å². The largest absolute Gasteiger partial charge is 0.463 e. The number of anilines is 1. The lowest BCUT2D eigenvalue weighted by atomic mass is 9.99. The van der Waals surface area contributed by atoms with Crippen LogP contribution in [0.15, 0.2) is 29.8 Å². The fraction of sp³-hybridized carbons (Fsp3) is 0.400. The Morgan fingerprint density at radius 3 is 3.09 bits per heavy atom. The van der Waals surface area contributed by atoms with E-state index in [-0.39, 0.29) is 6.61 Å². The van der Waals surface area contributed by atoms with Crippen molar-refractivity contribution in [2.45, 2.75) is 31.3 Å². The topological polar surface area (TPSA) is 72.5 Å². The van der Waals surface area contributed by atoms with Gasteiger partial charge in [-0.3, -0.25) is 4.72 Å². The highest BCUT2D eigenvalue weighted by Gasteiger charge is 2.35. The first kappa shape index (κ1) is 9.03. The molecular weight excluding hydrogens is 345 g/mol. The molecule has 1 aliphatic rings. The van der Waals surface area contributed by atoms with E-state index in [0.29, 0.717) is 0 Å². The van der Waals surface area contributed by atoms with Gasteiger partial charge in [0.15, 0.2) is 0 Å². The van der Waals surface area contributed by atoms with Crippen LogP contribution in [0.25, 0.3) is 0 Å². The molecule has 0 aromatic heterocycles. The number of hydrogen-bond acceptors (Lipinski definition) is 4. The molecule has 0 unspecified atom stereocenters. The van der Waals surface area contributed by atoms with Crippen LogP contribution in [-0.2, 0) is 19.6 Å². The zero-order valence-electron chi connectivity index (χ0n) is 20.7. The summed E-state index contributed by atoms with van der Waals surface area (Å²) in [7, 11) is -5.36. The molecule has 1 N–H and O–H groups in total. The first-order valence-electron chi connectivity index (χ1n) is 10.7. The highest BCUT2D eigenvalue weighted by atomic mass is 35.5. The number of halogens is 2. The van der Waals surface area contributed by atoms with Crippen molar-refractivity contribution in [2.75, 3.05) is 11.3 Å². The molecule has 2 rings (SSSR count). The molecule has 23 heavy (non-hydrogen) atoms. The average Bonchev–Trinajstić information content (AvgIpc) is 2.67. The lowest BCUT2D eigenvalue weighted by molar-refractivity contribution is -0.138. The fourth-order valence-corrected chi connectivity index (χ4v) is 3.06. The molecule has 1 aromatic rings. The fourth-order valence-electron chi connectivity index (χ4n) is 1.62. The van der Waals surface area contributed by atoms with Crippen molar-refractivity contribution >= 4 is 33.3 Å². The number of carbonyl (C=O) groups is 1. The minimum Gasteiger partial charge on any atom is -0.463 e. The quantitative estimate of drug-likeness (QED) is 0.807. The van der Waals surface area contributed by atoms with Gasteiger partial charge in [-0.1, -0.05) is 17.7 Å². The van der Waals surface area contributed by atoms with E-state index in [4.69, 9.17) is 23.9 Å². The molecule has 0 aliphatic heterocycles. The maximum atomic E-state index is 13.8. The number of hydrogen-bond donors (Lipinski definition) is 1. The lowest BCUT2D eigenvalue weighted by Gasteiger charge is -2.24. The first-order valence-corrected chi connectivity index (χ1v) is 8.09. The van der Waals surface area contributed by atoms with Gasteiger partial charge in [-0.2, -0.15) is 0 Å². The number of rotatable bonds is 5. The van der Waals surface area contributed by atoms with Crippen LogP contribution in [0.4, 0.5) is 10.1 Å². The minimum atomic E-state index is -5.36. The Labute approximate surface area is 152 Å². The summed E-state index contributed by atoms with van der Waals surface area (Å²) in [5, 5.41) is -4.28. The van der Waals surface area contributed by atoms with Crippen molar-refractivity contribution in [1.29, 1.82) is 0 Å². The van der Waals surface area contributed by atoms with Gasteiger partial charge in [0.05, 0.1) is 29.7 Å². The molecule has 0 spiro atoms. The molecule has 1 aromatic carbocycles. The van der Waals surface area contributed by atoms with Gasteiger partial charge in [0, 0.05) is 5.48 Å². The van der Waals surface area contributed by atoms with Gasteiger partial charge in [0.1, 0.15) is 11.0 Å². The second-order valence-electron chi connectivity index (χ2n) is 4.11. The van der Waals surface area contributed by atoms with E-state index in [9.17, 15) is 17.6 Å². The predicted octanol–water partition coefficient (Wildman–Crippen LogP) is 3.26. The van der Waals surface area contributed by atoms with E-state index in [0.717, 1.165) is 0 Å². The van der Waals surface area contributed by atoms with Crippen molar-refractivity contribution in [1.82, 2.24) is 0 Å². The van der Waals surface area contributed by atoms with Crippen LogP contribution in [-0.4, -0.2) is 26.2 Å². The Kier molecular flexibility index (Phi) is 2.87. The smallest absolute Gasteiger partial charge is 0.335 e. The number of nitrogens with one attached hydrogen (secondary N) is 1. The maximum absolute atomic E-state index is 13.8. The van der Waals surface area contributed by atoms with E-state index in [1.165, 1.54) is 6.92 Å². The highest BCUT2D eigenvalue weighted by Crippen LogP contribution is 2.30. The molecule has 0 heterocycles. The molecule has 0 radical (unpaired) electrons. The zero-order valence-corrected chi connectivity index (χ0v) is 13.3. The summed E-state index contributed by atoms with van der Waals surface area (Å²) in [5.41, 5.74) is -2.27. The second kappa shape index (κ2) is 7.31. The summed E-state index contributed by atoms with van der Waals surface area (Å²) in [6, 6.07) is -4.83. The van der Waals surface area contributed by atoms with E-state index >= 15 is 0 Å². The summed E-state index contributed by atoms with van der Waals surface area (Å²) in [6.45, 7) is 0.994. The molecule has 0 fully saturated rings. The second-order valence-corrected chi connectivity index (χ2v) is 6.19. The Balaban J connectivity index is 2.81. The Morgan fingerprint density at radius 1 is 1.65 bits per heavy atom. The normalized spacial score (nSPS) is 31.9. The molecule has 0 amide bonds. The Hall–Kier alpha value is -1.60. The van der Waals surface area contributed by atoms with Crippen LogP contribution >= 0.6 is 11.6 Å². The maximum Gasteiger partial charge on any atom is 0.335 e. The van der Waals surface area contributed by atoms with Gasteiger partial charge in [0.25, 0.3) is 0 Å². The van der Waals surface area contributed by atoms with E-state index in [1.54, 1.807) is 4.72 Å². The number of allylic oxidation sites excluding steroid dienone is 1. The number of sulfonamides is 1. The zero-order chi connectivity index (χ0) is 25.0. The summed E-state index contributed by atoms with van der Waals surface area (Å²) in [4.78, 5) is 12.4. The Morgan fingerprint density at radius 2 is 2.39 bits per heavy atom. The average molecular weight is 371 g/mol. The number of benzene rings is 1. The number of ether oxygens (including phenoxy) is 1. The summed E-state index contributed by atoms with van der Waals surface area (Å²) in [6.07, 6.45) is -7.74. The SMILES string of the molecule is [2H]C1=C(C(=O)OCC)[C@]([2H])(S(=O)(=O)Nc2c([2H])c([2H])c(F)c([2H])c2Cl)CC([2H])([2H])C1([2H])[2H]. The standard InChI is InChI=1S/C15H17ClFNO4S/c1-2-22-15(19)11-5-3-4-6-14(11)23(20,21)18-13-8-7-10(17)9-12(13)16/h5,7-9,14,18H,2-4,6H2,1H3/t14-/m1/s1/i3D2,4D2,5D,7D,8D,9D,14D. The minimum absolute atomic E-state index is 0.333. The van der Waals surface area contributed by atoms with Gasteiger partial charge in [-0.15, -0.1) is 0 Å². The number of esters is 1. The van der Waals surface area contributed by atoms with Gasteiger partial charge < -0.3 is 4.74 Å². The molecule has 0 bridgehead atoms. The molecule has 1 atom stereocenters. The summed E-state index contributed by atoms with van der Waals surface area (Å²) in [5.74, 6) is -3.05. The molecular formula is C15H17ClFNO4S. The third-order valence-electron chi connectivity index (χ3n) is 2.58. The monoisotopic (exact) mass is 370 g/mol. The van der Waals surface area contributed by atoms with Crippen molar-refractivity contribution in [3.63, 3.8) is 0 Å². The predicted molar refractivity (Wildman–Crippen MR) is 86.3 cm³/mol. The summed E-state index contributed by atoms with van der Waals surface area (Å²) < 4.78 is 117. The molecule has 0 saturated heterocycles. The summed E-state index contributed by atoms with van der Waals surface area (Å²) >= 11 is 5.75. The third-order valence-corrected chi connectivity index (χ3v) is 4.33. The van der Waals surface area contributed by atoms with E-state index in [1.807, 2.05) is 0 Å². The highest BCUT2D eigenvalue weighted by molar-refractivity contribution is 7.93. The molecule has 126 valence electrons. The van der Waals surface area contributed by atoms with Crippen molar-refractivity contribution in [3.05, 3.63) is 40.6 Å². The number of carbonyl (C=O) groups excluding carboxylic acids is 1. The third kappa shape index (κ3) is 4.23. The lowest BCUT2D eigenvalue weighted by Crippen LogP contribution is -2.34. The Bertz CT molecular complexity index is 1100. The van der Waals surface area contributed by atoms with Gasteiger partial charge in [-0.25, -0.2) is 17.6 Å².